The van der Waals surface area contributed by atoms with E-state index in [1.807, 2.05) is 73.3 Å². The van der Waals surface area contributed by atoms with E-state index in [-0.39, 0.29) is 18.1 Å². The minimum absolute atomic E-state index is 0.00722. The molecule has 0 atom stereocenters. The van der Waals surface area contributed by atoms with Crippen LogP contribution in [0.25, 0.3) is 11.4 Å². The van der Waals surface area contributed by atoms with Gasteiger partial charge in [-0.1, -0.05) is 48.5 Å². The molecule has 0 saturated heterocycles. The van der Waals surface area contributed by atoms with Crippen LogP contribution in [0.4, 0.5) is 5.69 Å². The molecule has 0 bridgehead atoms. The summed E-state index contributed by atoms with van der Waals surface area (Å²) in [5.74, 6) is 0.652. The van der Waals surface area contributed by atoms with Gasteiger partial charge in [-0.15, -0.1) is 0 Å². The van der Waals surface area contributed by atoms with Crippen molar-refractivity contribution < 1.29 is 9.59 Å². The van der Waals surface area contributed by atoms with E-state index < -0.39 is 0 Å². The first-order valence-electron chi connectivity index (χ1n) is 10.1. The fourth-order valence-corrected chi connectivity index (χ4v) is 3.47. The van der Waals surface area contributed by atoms with Gasteiger partial charge in [0.15, 0.2) is 5.78 Å². The Kier molecular flexibility index (Phi) is 5.76. The smallest absolute Gasteiger partial charge is 0.255 e. The first kappa shape index (κ1) is 20.3. The van der Waals surface area contributed by atoms with E-state index in [0.717, 1.165) is 22.5 Å². The molecule has 0 spiro atoms. The highest BCUT2D eigenvalue weighted by Gasteiger charge is 2.13. The summed E-state index contributed by atoms with van der Waals surface area (Å²) in [6.45, 7) is 1.91. The maximum atomic E-state index is 13.0. The van der Waals surface area contributed by atoms with Crippen LogP contribution in [-0.2, 0) is 13.5 Å². The van der Waals surface area contributed by atoms with Gasteiger partial charge < -0.3 is 9.88 Å². The molecule has 1 aromatic heterocycles. The number of carbonyl (C=O) groups is 2. The Balaban J connectivity index is 1.52. The lowest BCUT2D eigenvalue weighted by Crippen LogP contribution is -2.13. The van der Waals surface area contributed by atoms with Crippen molar-refractivity contribution in [2.24, 2.45) is 7.05 Å². The highest BCUT2D eigenvalue weighted by atomic mass is 16.1. The zero-order valence-electron chi connectivity index (χ0n) is 17.5. The van der Waals surface area contributed by atoms with E-state index in [2.05, 4.69) is 10.3 Å². The van der Waals surface area contributed by atoms with E-state index in [0.29, 0.717) is 16.8 Å². The van der Waals surface area contributed by atoms with Crippen LogP contribution in [0.15, 0.2) is 85.2 Å². The molecule has 5 heteroatoms. The number of benzene rings is 3. The largest absolute Gasteiger partial charge is 0.334 e. The van der Waals surface area contributed by atoms with Crippen LogP contribution in [0, 0.1) is 6.92 Å². The molecule has 5 nitrogen and oxygen atoms in total. The Labute approximate surface area is 181 Å². The zero-order chi connectivity index (χ0) is 21.8. The van der Waals surface area contributed by atoms with E-state index in [1.54, 1.807) is 30.5 Å². The number of aryl methyl sites for hydroxylation is 2. The highest BCUT2D eigenvalue weighted by Crippen LogP contribution is 2.22. The molecule has 0 radical (unpaired) electrons. The molecule has 3 aromatic carbocycles. The average Bonchev–Trinajstić information content (AvgIpc) is 3.22. The molecule has 154 valence electrons. The fourth-order valence-electron chi connectivity index (χ4n) is 3.47. The number of hydrogen-bond donors (Lipinski definition) is 1. The van der Waals surface area contributed by atoms with Crippen molar-refractivity contribution in [1.82, 2.24) is 9.55 Å². The van der Waals surface area contributed by atoms with Crippen molar-refractivity contribution in [3.63, 3.8) is 0 Å². The summed E-state index contributed by atoms with van der Waals surface area (Å²) in [5.41, 5.74) is 4.57. The Morgan fingerprint density at radius 3 is 2.48 bits per heavy atom. The Bertz CT molecular complexity index is 1240. The van der Waals surface area contributed by atoms with Gasteiger partial charge in [0.05, 0.1) is 0 Å². The van der Waals surface area contributed by atoms with Crippen LogP contribution < -0.4 is 5.32 Å². The first-order valence-corrected chi connectivity index (χ1v) is 10.1. The predicted molar refractivity (Wildman–Crippen MR) is 122 cm³/mol. The quantitative estimate of drug-likeness (QED) is 0.452. The number of anilines is 1. The lowest BCUT2D eigenvalue weighted by atomic mass is 9.99. The number of carbonyl (C=O) groups excluding carboxylic acids is 2. The molecular weight excluding hydrogens is 386 g/mol. The van der Waals surface area contributed by atoms with E-state index in [1.165, 1.54) is 0 Å². The minimum Gasteiger partial charge on any atom is -0.334 e. The van der Waals surface area contributed by atoms with Crippen molar-refractivity contribution in [3.8, 4) is 11.4 Å². The molecule has 0 unspecified atom stereocenters. The molecular formula is C26H23N3O2. The van der Waals surface area contributed by atoms with Gasteiger partial charge in [0.25, 0.3) is 5.91 Å². The topological polar surface area (TPSA) is 64.0 Å². The van der Waals surface area contributed by atoms with Gasteiger partial charge >= 0.3 is 0 Å². The standard InChI is InChI=1S/C26H23N3O2/c1-18-11-12-21(17-23(18)28-26(31)20-8-4-3-5-9-20)24(30)16-19-7-6-10-22(15-19)25-27-13-14-29(25)2/h3-15,17H,16H2,1-2H3,(H,28,31). The number of nitrogens with zero attached hydrogens (tertiary/aromatic N) is 2. The van der Waals surface area contributed by atoms with Crippen LogP contribution in [0.5, 0.6) is 0 Å². The number of Topliss-reactive ketones (excluding diaryl/α,β-unsaturated/α-hetero) is 1. The van der Waals surface area contributed by atoms with Crippen LogP contribution in [0.1, 0.15) is 31.8 Å². The number of ketones is 1. The SMILES string of the molecule is Cc1ccc(C(=O)Cc2cccc(-c3nccn3C)c2)cc1NC(=O)c1ccccc1. The molecule has 1 amide bonds. The van der Waals surface area contributed by atoms with Gasteiger partial charge in [0, 0.05) is 48.2 Å². The third-order valence-corrected chi connectivity index (χ3v) is 5.21. The number of imidazole rings is 1. The Morgan fingerprint density at radius 1 is 0.935 bits per heavy atom. The second-order valence-corrected chi connectivity index (χ2v) is 7.51. The molecule has 1 N–H and O–H groups in total. The van der Waals surface area contributed by atoms with Crippen LogP contribution in [0.2, 0.25) is 0 Å². The average molecular weight is 409 g/mol. The van der Waals surface area contributed by atoms with Crippen molar-refractivity contribution in [3.05, 3.63) is 107 Å². The van der Waals surface area contributed by atoms with Crippen molar-refractivity contribution in [2.75, 3.05) is 5.32 Å². The summed E-state index contributed by atoms with van der Waals surface area (Å²) < 4.78 is 1.95. The number of rotatable bonds is 6. The molecule has 4 rings (SSSR count). The van der Waals surface area contributed by atoms with Gasteiger partial charge in [0.2, 0.25) is 0 Å². The van der Waals surface area contributed by atoms with Crippen molar-refractivity contribution in [1.29, 1.82) is 0 Å². The molecule has 0 aliphatic heterocycles. The van der Waals surface area contributed by atoms with Crippen LogP contribution in [-0.4, -0.2) is 21.2 Å². The Hall–Kier alpha value is -3.99. The van der Waals surface area contributed by atoms with Gasteiger partial charge in [-0.05, 0) is 42.3 Å². The normalized spacial score (nSPS) is 10.6. The van der Waals surface area contributed by atoms with Gasteiger partial charge in [-0.2, -0.15) is 0 Å². The number of hydrogen-bond acceptors (Lipinski definition) is 3. The molecule has 1 heterocycles. The first-order chi connectivity index (χ1) is 15.0. The summed E-state index contributed by atoms with van der Waals surface area (Å²) >= 11 is 0. The number of nitrogens with one attached hydrogen (secondary N) is 1. The van der Waals surface area contributed by atoms with E-state index in [4.69, 9.17) is 0 Å². The maximum absolute atomic E-state index is 13.0. The van der Waals surface area contributed by atoms with E-state index in [9.17, 15) is 9.59 Å². The predicted octanol–water partition coefficient (Wildman–Crippen LogP) is 5.07. The van der Waals surface area contributed by atoms with Gasteiger partial charge in [-0.3, -0.25) is 9.59 Å². The highest BCUT2D eigenvalue weighted by molar-refractivity contribution is 6.06. The van der Waals surface area contributed by atoms with Crippen LogP contribution in [0.3, 0.4) is 0 Å². The second-order valence-electron chi connectivity index (χ2n) is 7.51. The maximum Gasteiger partial charge on any atom is 0.255 e. The Morgan fingerprint density at radius 2 is 1.74 bits per heavy atom. The monoisotopic (exact) mass is 409 g/mol. The minimum atomic E-state index is -0.198. The number of aromatic nitrogens is 2. The van der Waals surface area contributed by atoms with Crippen molar-refractivity contribution >= 4 is 17.4 Å². The van der Waals surface area contributed by atoms with Gasteiger partial charge in [0.1, 0.15) is 5.82 Å². The number of amides is 1. The van der Waals surface area contributed by atoms with E-state index >= 15 is 0 Å². The summed E-state index contributed by atoms with van der Waals surface area (Å²) in [7, 11) is 1.94. The molecule has 4 aromatic rings. The molecule has 0 saturated carbocycles. The molecule has 0 aliphatic rings. The summed E-state index contributed by atoms with van der Waals surface area (Å²) in [4.78, 5) is 29.9. The van der Waals surface area contributed by atoms with Gasteiger partial charge in [-0.25, -0.2) is 4.98 Å². The second kappa shape index (κ2) is 8.79. The molecule has 31 heavy (non-hydrogen) atoms. The summed E-state index contributed by atoms with van der Waals surface area (Å²) in [6, 6.07) is 22.3. The molecule has 0 aliphatic carbocycles. The molecule has 0 fully saturated rings. The lowest BCUT2D eigenvalue weighted by molar-refractivity contribution is 0.0989. The zero-order valence-corrected chi connectivity index (χ0v) is 17.5. The van der Waals surface area contributed by atoms with Crippen LogP contribution >= 0.6 is 0 Å². The van der Waals surface area contributed by atoms with Crippen molar-refractivity contribution in [2.45, 2.75) is 13.3 Å². The third-order valence-electron chi connectivity index (χ3n) is 5.21. The third kappa shape index (κ3) is 4.61. The summed E-state index contributed by atoms with van der Waals surface area (Å²) in [5, 5.41) is 2.92. The fraction of sp³-hybridized carbons (Fsp3) is 0.115. The summed E-state index contributed by atoms with van der Waals surface area (Å²) in [6.07, 6.45) is 3.92. The lowest BCUT2D eigenvalue weighted by Gasteiger charge is -2.11.